The van der Waals surface area contributed by atoms with E-state index in [2.05, 4.69) is 5.32 Å². The van der Waals surface area contributed by atoms with E-state index >= 15 is 0 Å². The van der Waals surface area contributed by atoms with Crippen molar-refractivity contribution in [1.82, 2.24) is 0 Å². The molecule has 3 rings (SSSR count). The molecule has 134 valence electrons. The maximum Gasteiger partial charge on any atom is 0.489 e. The summed E-state index contributed by atoms with van der Waals surface area (Å²) in [4.78, 5) is 23.6. The van der Waals surface area contributed by atoms with E-state index in [-0.39, 0.29) is 16.6 Å². The molecule has 26 heavy (non-hydrogen) atoms. The van der Waals surface area contributed by atoms with E-state index in [4.69, 9.17) is 0 Å². The van der Waals surface area contributed by atoms with Crippen molar-refractivity contribution in [3.05, 3.63) is 53.6 Å². The molecule has 0 saturated carbocycles. The van der Waals surface area contributed by atoms with Crippen LogP contribution in [0.1, 0.15) is 33.6 Å². The van der Waals surface area contributed by atoms with Gasteiger partial charge in [-0.2, -0.15) is 0 Å². The van der Waals surface area contributed by atoms with Crippen LogP contribution in [-0.2, 0) is 4.57 Å². The minimum Gasteiger partial charge on any atom is -0.423 e. The Bertz CT molecular complexity index is 889. The first-order valence-corrected chi connectivity index (χ1v) is 10.5. The van der Waals surface area contributed by atoms with Gasteiger partial charge in [-0.15, -0.1) is 0 Å². The molecule has 0 unspecified atom stereocenters. The molecule has 8 heteroatoms. The predicted molar refractivity (Wildman–Crippen MR) is 102 cm³/mol. The van der Waals surface area contributed by atoms with Crippen LogP contribution in [-0.4, -0.2) is 41.7 Å². The van der Waals surface area contributed by atoms with Crippen molar-refractivity contribution in [1.29, 1.82) is 0 Å². The molecular weight excluding hydrogens is 352 g/mol. The molecule has 0 aromatic heterocycles. The summed E-state index contributed by atoms with van der Waals surface area (Å²) >= 11 is 0. The van der Waals surface area contributed by atoms with Crippen molar-refractivity contribution in [2.45, 2.75) is 12.8 Å². The number of amides is 1. The molecule has 3 N–H and O–H groups in total. The van der Waals surface area contributed by atoms with E-state index < -0.39 is 20.2 Å². The van der Waals surface area contributed by atoms with Crippen LogP contribution in [0.3, 0.4) is 0 Å². The summed E-state index contributed by atoms with van der Waals surface area (Å²) in [6.07, 6.45) is 3.81. The Morgan fingerprint density at radius 2 is 1.85 bits per heavy atom. The van der Waals surface area contributed by atoms with Crippen LogP contribution < -0.4 is 16.1 Å². The normalized spacial score (nSPS) is 15.5. The van der Waals surface area contributed by atoms with Crippen LogP contribution >= 0.6 is 7.14 Å². The van der Waals surface area contributed by atoms with Gasteiger partial charge < -0.3 is 19.9 Å². The summed E-state index contributed by atoms with van der Waals surface area (Å²) in [7, 11) is -4.13. The van der Waals surface area contributed by atoms with Gasteiger partial charge in [0.2, 0.25) is 0 Å². The van der Waals surface area contributed by atoms with Crippen molar-refractivity contribution >= 4 is 42.9 Å². The van der Waals surface area contributed by atoms with Crippen molar-refractivity contribution in [2.75, 3.05) is 17.6 Å². The highest BCUT2D eigenvalue weighted by Gasteiger charge is 2.29. The summed E-state index contributed by atoms with van der Waals surface area (Å²) in [5, 5.41) is 22.0. The minimum absolute atomic E-state index is 0.0387. The Balaban J connectivity index is 1.82. The highest BCUT2D eigenvalue weighted by atomic mass is 31.2. The molecular formula is C18H19BNO5P. The van der Waals surface area contributed by atoms with Crippen LogP contribution in [0.5, 0.6) is 0 Å². The molecule has 0 radical (unpaired) electrons. The molecule has 1 aliphatic rings. The van der Waals surface area contributed by atoms with Crippen LogP contribution in [0.2, 0.25) is 0 Å². The van der Waals surface area contributed by atoms with E-state index in [0.717, 1.165) is 18.1 Å². The fraction of sp³-hybridized carbons (Fsp3) is 0.222. The third-order valence-corrected chi connectivity index (χ3v) is 7.91. The fourth-order valence-corrected chi connectivity index (χ4v) is 6.14. The Labute approximate surface area is 151 Å². The zero-order valence-electron chi connectivity index (χ0n) is 14.1. The maximum atomic E-state index is 12.9. The zero-order valence-corrected chi connectivity index (χ0v) is 15.0. The van der Waals surface area contributed by atoms with Gasteiger partial charge in [-0.1, -0.05) is 18.2 Å². The lowest BCUT2D eigenvalue weighted by Crippen LogP contribution is -2.33. The van der Waals surface area contributed by atoms with Gasteiger partial charge in [0.25, 0.3) is 5.91 Å². The monoisotopic (exact) mass is 371 g/mol. The lowest BCUT2D eigenvalue weighted by atomic mass is 9.77. The standard InChI is InChI=1S/C18H19BNO5P/c21-12-14-10-13(6-7-17(14)19(23)24)18(22)20-15-4-3-5-16(11-15)26(25)8-1-2-9-26/h3-7,10-12,23-24H,1-2,8-9H2,(H,20,22). The number of benzene rings is 2. The Hall–Kier alpha value is -2.21. The number of hydrogen-bond acceptors (Lipinski definition) is 5. The number of rotatable bonds is 5. The third kappa shape index (κ3) is 3.80. The minimum atomic E-state index is -2.35. The smallest absolute Gasteiger partial charge is 0.423 e. The van der Waals surface area contributed by atoms with Gasteiger partial charge in [-0.25, -0.2) is 0 Å². The first-order valence-electron chi connectivity index (χ1n) is 8.38. The highest BCUT2D eigenvalue weighted by Crippen LogP contribution is 2.51. The van der Waals surface area contributed by atoms with E-state index in [0.29, 0.717) is 24.3 Å². The van der Waals surface area contributed by atoms with Crippen molar-refractivity contribution in [3.63, 3.8) is 0 Å². The molecule has 2 aromatic carbocycles. The molecule has 1 fully saturated rings. The van der Waals surface area contributed by atoms with Gasteiger partial charge in [0.05, 0.1) is 0 Å². The molecule has 1 heterocycles. The predicted octanol–water partition coefficient (Wildman–Crippen LogP) is 1.21. The average Bonchev–Trinajstić information content (AvgIpc) is 3.09. The van der Waals surface area contributed by atoms with Gasteiger partial charge in [-0.3, -0.25) is 9.59 Å². The Kier molecular flexibility index (Phi) is 5.42. The Morgan fingerprint density at radius 3 is 2.50 bits per heavy atom. The number of carbonyl (C=O) groups is 2. The van der Waals surface area contributed by atoms with Crippen molar-refractivity contribution in [3.8, 4) is 0 Å². The average molecular weight is 371 g/mol. The lowest BCUT2D eigenvalue weighted by molar-refractivity contribution is 0.102. The van der Waals surface area contributed by atoms with Crippen LogP contribution in [0.15, 0.2) is 42.5 Å². The van der Waals surface area contributed by atoms with E-state index in [1.54, 1.807) is 18.2 Å². The number of hydrogen-bond donors (Lipinski definition) is 3. The largest absolute Gasteiger partial charge is 0.489 e. The van der Waals surface area contributed by atoms with Crippen LogP contribution in [0.25, 0.3) is 0 Å². The zero-order chi connectivity index (χ0) is 18.7. The maximum absolute atomic E-state index is 12.9. The summed E-state index contributed by atoms with van der Waals surface area (Å²) < 4.78 is 12.9. The van der Waals surface area contributed by atoms with E-state index in [1.165, 1.54) is 18.2 Å². The first kappa shape index (κ1) is 18.6. The molecule has 1 saturated heterocycles. The topological polar surface area (TPSA) is 104 Å². The van der Waals surface area contributed by atoms with Crippen LogP contribution in [0, 0.1) is 0 Å². The molecule has 1 amide bonds. The summed E-state index contributed by atoms with van der Waals surface area (Å²) in [6, 6.07) is 11.1. The number of anilines is 1. The lowest BCUT2D eigenvalue weighted by Gasteiger charge is -2.13. The number of nitrogens with one attached hydrogen (secondary N) is 1. The quantitative estimate of drug-likeness (QED) is 0.417. The second kappa shape index (κ2) is 7.58. The second-order valence-electron chi connectivity index (χ2n) is 6.38. The van der Waals surface area contributed by atoms with E-state index in [9.17, 15) is 24.2 Å². The van der Waals surface area contributed by atoms with Crippen LogP contribution in [0.4, 0.5) is 5.69 Å². The first-order chi connectivity index (χ1) is 12.4. The van der Waals surface area contributed by atoms with Crippen molar-refractivity contribution < 1.29 is 24.2 Å². The van der Waals surface area contributed by atoms with E-state index in [1.807, 2.05) is 6.07 Å². The Morgan fingerprint density at radius 1 is 1.12 bits per heavy atom. The molecule has 0 spiro atoms. The van der Waals surface area contributed by atoms with Gasteiger partial charge in [0, 0.05) is 34.4 Å². The fourth-order valence-electron chi connectivity index (χ4n) is 3.20. The number of carbonyl (C=O) groups excluding carboxylic acids is 2. The molecule has 1 aliphatic heterocycles. The SMILES string of the molecule is O=Cc1cc(C(=O)Nc2cccc(P3(=O)CCCC3)c2)ccc1B(O)O. The van der Waals surface area contributed by atoms with Crippen molar-refractivity contribution in [2.24, 2.45) is 0 Å². The van der Waals surface area contributed by atoms with Gasteiger partial charge in [0.1, 0.15) is 13.4 Å². The molecule has 0 bridgehead atoms. The molecule has 2 aromatic rings. The molecule has 6 nitrogen and oxygen atoms in total. The highest BCUT2D eigenvalue weighted by molar-refractivity contribution is 7.71. The summed E-state index contributed by atoms with van der Waals surface area (Å²) in [5.41, 5.74) is 0.831. The van der Waals surface area contributed by atoms with Gasteiger partial charge >= 0.3 is 7.12 Å². The second-order valence-corrected chi connectivity index (χ2v) is 9.57. The molecule has 0 atom stereocenters. The summed E-state index contributed by atoms with van der Waals surface area (Å²) in [6.45, 7) is 0. The van der Waals surface area contributed by atoms with Gasteiger partial charge in [-0.05, 0) is 42.6 Å². The third-order valence-electron chi connectivity index (χ3n) is 4.62. The van der Waals surface area contributed by atoms with Gasteiger partial charge in [0.15, 0.2) is 0 Å². The number of aldehydes is 1. The summed E-state index contributed by atoms with van der Waals surface area (Å²) in [5.74, 6) is -0.436. The molecule has 0 aliphatic carbocycles.